The maximum atomic E-state index is 12.6. The van der Waals surface area contributed by atoms with Gasteiger partial charge in [0, 0.05) is 4.91 Å². The number of hydrogen-bond acceptors (Lipinski definition) is 2. The first-order valence-electron chi connectivity index (χ1n) is 6.26. The molecule has 0 heterocycles. The lowest BCUT2D eigenvalue weighted by Crippen LogP contribution is -2.31. The number of rotatable bonds is 2. The van der Waals surface area contributed by atoms with Crippen LogP contribution in [0.2, 0.25) is 0 Å². The summed E-state index contributed by atoms with van der Waals surface area (Å²) in [5.74, 6) is 0.909. The molecule has 0 saturated heterocycles. The third kappa shape index (κ3) is 1.55. The molecule has 16 heavy (non-hydrogen) atoms. The SMILES string of the molecule is CCC1=C(S(=O)(=O)C(C)(C)C)C2CCC1C2. The van der Waals surface area contributed by atoms with Crippen LogP contribution in [0.1, 0.15) is 53.4 Å². The molecule has 2 unspecified atom stereocenters. The minimum Gasteiger partial charge on any atom is -0.223 e. The maximum absolute atomic E-state index is 12.6. The summed E-state index contributed by atoms with van der Waals surface area (Å²) >= 11 is 0. The summed E-state index contributed by atoms with van der Waals surface area (Å²) in [5.41, 5.74) is 1.24. The molecular weight excluding hydrogens is 220 g/mol. The van der Waals surface area contributed by atoms with Crippen LogP contribution in [-0.4, -0.2) is 13.2 Å². The number of hydrogen-bond donors (Lipinski definition) is 0. The van der Waals surface area contributed by atoms with Crippen LogP contribution in [0.4, 0.5) is 0 Å². The molecule has 0 spiro atoms. The average Bonchev–Trinajstić information content (AvgIpc) is 2.73. The molecule has 2 aliphatic rings. The molecule has 0 N–H and O–H groups in total. The summed E-state index contributed by atoms with van der Waals surface area (Å²) in [6, 6.07) is 0. The highest BCUT2D eigenvalue weighted by atomic mass is 32.2. The predicted molar refractivity (Wildman–Crippen MR) is 66.8 cm³/mol. The van der Waals surface area contributed by atoms with Gasteiger partial charge in [-0.05, 0) is 58.3 Å². The van der Waals surface area contributed by atoms with Crippen LogP contribution in [0, 0.1) is 11.8 Å². The van der Waals surface area contributed by atoms with Gasteiger partial charge in [0.15, 0.2) is 9.84 Å². The van der Waals surface area contributed by atoms with Crippen LogP contribution in [-0.2, 0) is 9.84 Å². The van der Waals surface area contributed by atoms with Crippen molar-refractivity contribution in [2.24, 2.45) is 11.8 Å². The van der Waals surface area contributed by atoms with Gasteiger partial charge in [-0.1, -0.05) is 12.5 Å². The first-order valence-corrected chi connectivity index (χ1v) is 7.75. The fourth-order valence-corrected chi connectivity index (χ4v) is 5.15. The van der Waals surface area contributed by atoms with Crippen LogP contribution in [0.3, 0.4) is 0 Å². The van der Waals surface area contributed by atoms with Gasteiger partial charge in [0.1, 0.15) is 0 Å². The second kappa shape index (κ2) is 3.59. The summed E-state index contributed by atoms with van der Waals surface area (Å²) in [6.45, 7) is 7.53. The fraction of sp³-hybridized carbons (Fsp3) is 0.846. The highest BCUT2D eigenvalue weighted by molar-refractivity contribution is 7.96. The third-order valence-electron chi connectivity index (χ3n) is 4.09. The maximum Gasteiger partial charge on any atom is 0.179 e. The van der Waals surface area contributed by atoms with Gasteiger partial charge in [-0.3, -0.25) is 0 Å². The van der Waals surface area contributed by atoms with Crippen molar-refractivity contribution < 1.29 is 8.42 Å². The highest BCUT2D eigenvalue weighted by Crippen LogP contribution is 2.53. The van der Waals surface area contributed by atoms with Gasteiger partial charge >= 0.3 is 0 Å². The first-order chi connectivity index (χ1) is 7.29. The molecule has 1 saturated carbocycles. The van der Waals surface area contributed by atoms with E-state index in [0.29, 0.717) is 11.8 Å². The van der Waals surface area contributed by atoms with Gasteiger partial charge in [-0.25, -0.2) is 8.42 Å². The topological polar surface area (TPSA) is 34.1 Å². The zero-order valence-corrected chi connectivity index (χ0v) is 11.5. The van der Waals surface area contributed by atoms with E-state index in [9.17, 15) is 8.42 Å². The first kappa shape index (κ1) is 12.2. The zero-order valence-electron chi connectivity index (χ0n) is 10.7. The molecule has 0 radical (unpaired) electrons. The number of allylic oxidation sites excluding steroid dienone is 2. The number of sulfone groups is 1. The Morgan fingerprint density at radius 1 is 1.19 bits per heavy atom. The Kier molecular flexibility index (Phi) is 2.73. The largest absolute Gasteiger partial charge is 0.223 e. The zero-order chi connectivity index (χ0) is 12.1. The Morgan fingerprint density at radius 3 is 2.25 bits per heavy atom. The minimum atomic E-state index is -3.09. The van der Waals surface area contributed by atoms with E-state index in [0.717, 1.165) is 24.2 Å². The summed E-state index contributed by atoms with van der Waals surface area (Å²) in [6.07, 6.45) is 4.29. The quantitative estimate of drug-likeness (QED) is 0.744. The van der Waals surface area contributed by atoms with Crippen LogP contribution in [0.5, 0.6) is 0 Å². The van der Waals surface area contributed by atoms with Gasteiger partial charge in [0.2, 0.25) is 0 Å². The van der Waals surface area contributed by atoms with Crippen molar-refractivity contribution in [3.63, 3.8) is 0 Å². The summed E-state index contributed by atoms with van der Waals surface area (Å²) < 4.78 is 24.5. The van der Waals surface area contributed by atoms with E-state index in [1.165, 1.54) is 12.0 Å². The molecular formula is C13H22O2S. The van der Waals surface area contributed by atoms with Gasteiger partial charge < -0.3 is 0 Å². The summed E-state index contributed by atoms with van der Waals surface area (Å²) in [5, 5.41) is 0. The monoisotopic (exact) mass is 242 g/mol. The Morgan fingerprint density at radius 2 is 1.75 bits per heavy atom. The van der Waals surface area contributed by atoms with Crippen molar-refractivity contribution in [3.05, 3.63) is 10.5 Å². The van der Waals surface area contributed by atoms with Crippen molar-refractivity contribution in [1.82, 2.24) is 0 Å². The van der Waals surface area contributed by atoms with E-state index in [-0.39, 0.29) is 0 Å². The van der Waals surface area contributed by atoms with E-state index in [2.05, 4.69) is 6.92 Å². The molecule has 2 aliphatic carbocycles. The molecule has 2 bridgehead atoms. The normalized spacial score (nSPS) is 30.2. The molecule has 92 valence electrons. The lowest BCUT2D eigenvalue weighted by Gasteiger charge is -2.26. The lowest BCUT2D eigenvalue weighted by atomic mass is 9.96. The molecule has 2 nitrogen and oxygen atoms in total. The smallest absolute Gasteiger partial charge is 0.179 e. The van der Waals surface area contributed by atoms with Crippen molar-refractivity contribution in [2.45, 2.75) is 58.1 Å². The van der Waals surface area contributed by atoms with Crippen molar-refractivity contribution in [2.75, 3.05) is 0 Å². The molecule has 0 aliphatic heterocycles. The van der Waals surface area contributed by atoms with E-state index in [4.69, 9.17) is 0 Å². The van der Waals surface area contributed by atoms with Crippen LogP contribution < -0.4 is 0 Å². The standard InChI is InChI=1S/C13H22O2S/c1-5-11-9-6-7-10(8-9)12(11)16(14,15)13(2,3)4/h9-10H,5-8H2,1-4H3. The van der Waals surface area contributed by atoms with E-state index in [1.807, 2.05) is 20.8 Å². The van der Waals surface area contributed by atoms with E-state index in [1.54, 1.807) is 0 Å². The van der Waals surface area contributed by atoms with Gasteiger partial charge in [0.25, 0.3) is 0 Å². The van der Waals surface area contributed by atoms with Gasteiger partial charge in [-0.15, -0.1) is 0 Å². The Labute approximate surface area is 99.0 Å². The predicted octanol–water partition coefficient (Wildman–Crippen LogP) is 3.29. The van der Waals surface area contributed by atoms with Crippen molar-refractivity contribution in [3.8, 4) is 0 Å². The Balaban J connectivity index is 2.52. The van der Waals surface area contributed by atoms with Crippen LogP contribution in [0.25, 0.3) is 0 Å². The van der Waals surface area contributed by atoms with Crippen molar-refractivity contribution in [1.29, 1.82) is 0 Å². The Bertz CT molecular complexity index is 423. The van der Waals surface area contributed by atoms with Crippen LogP contribution >= 0.6 is 0 Å². The van der Waals surface area contributed by atoms with Gasteiger partial charge in [-0.2, -0.15) is 0 Å². The molecule has 3 heteroatoms. The fourth-order valence-electron chi connectivity index (χ4n) is 3.18. The second-order valence-corrected chi connectivity index (χ2v) is 8.74. The van der Waals surface area contributed by atoms with Crippen molar-refractivity contribution >= 4 is 9.84 Å². The third-order valence-corrected chi connectivity index (χ3v) is 6.88. The molecule has 0 aromatic carbocycles. The molecule has 2 rings (SSSR count). The minimum absolute atomic E-state index is 0.337. The van der Waals surface area contributed by atoms with Gasteiger partial charge in [0.05, 0.1) is 4.75 Å². The molecule has 1 fully saturated rings. The number of fused-ring (bicyclic) bond motifs is 2. The van der Waals surface area contributed by atoms with Crippen LogP contribution in [0.15, 0.2) is 10.5 Å². The lowest BCUT2D eigenvalue weighted by molar-refractivity contribution is 0.553. The molecule has 0 aromatic rings. The molecule has 0 amide bonds. The van der Waals surface area contributed by atoms with E-state index >= 15 is 0 Å². The summed E-state index contributed by atoms with van der Waals surface area (Å²) in [4.78, 5) is 0.818. The highest BCUT2D eigenvalue weighted by Gasteiger charge is 2.47. The molecule has 2 atom stereocenters. The summed E-state index contributed by atoms with van der Waals surface area (Å²) in [7, 11) is -3.09. The van der Waals surface area contributed by atoms with E-state index < -0.39 is 14.6 Å². The average molecular weight is 242 g/mol. The molecule has 0 aromatic heterocycles. The second-order valence-electron chi connectivity index (χ2n) is 6.07. The Hall–Kier alpha value is -0.310.